The Balaban J connectivity index is 0.00000289. The first-order valence-corrected chi connectivity index (χ1v) is 11.0. The quantitative estimate of drug-likeness (QED) is 0.341. The maximum absolute atomic E-state index is 13.8. The number of nitrogens with zero attached hydrogens (tertiary/aromatic N) is 3. The number of ether oxygens (including phenoxy) is 2. The Morgan fingerprint density at radius 2 is 1.91 bits per heavy atom. The lowest BCUT2D eigenvalue weighted by atomic mass is 9.87. The van der Waals surface area contributed by atoms with Gasteiger partial charge in [0.05, 0.1) is 31.9 Å². The molecule has 4 rings (SSSR count). The molecule has 1 atom stereocenters. The van der Waals surface area contributed by atoms with Gasteiger partial charge in [0.25, 0.3) is 0 Å². The molecule has 3 fully saturated rings. The van der Waals surface area contributed by atoms with E-state index >= 15 is 0 Å². The van der Waals surface area contributed by atoms with E-state index in [1.54, 1.807) is 12.1 Å². The molecule has 1 spiro atoms. The molecule has 10 heteroatoms. The van der Waals surface area contributed by atoms with Crippen molar-refractivity contribution in [2.45, 2.75) is 32.5 Å². The number of benzene rings is 1. The van der Waals surface area contributed by atoms with Crippen LogP contribution in [0.4, 0.5) is 18.9 Å². The highest BCUT2D eigenvalue weighted by molar-refractivity contribution is 14.0. The molecular formula is C22H32F3IN4O2. The van der Waals surface area contributed by atoms with Crippen LogP contribution in [0.2, 0.25) is 0 Å². The molecule has 3 saturated heterocycles. The zero-order valence-corrected chi connectivity index (χ0v) is 20.7. The number of hydrogen-bond acceptors (Lipinski definition) is 4. The molecular weight excluding hydrogens is 536 g/mol. The minimum Gasteiger partial charge on any atom is -0.381 e. The van der Waals surface area contributed by atoms with Gasteiger partial charge in [-0.3, -0.25) is 0 Å². The summed E-state index contributed by atoms with van der Waals surface area (Å²) in [5, 5.41) is 3.25. The second kappa shape index (κ2) is 10.8. The SMILES string of the molecule is CCNC(=NCc1ccc(N2CCOCC2)cc1C(F)(F)F)N1CCC2(CCOC2)C1.I. The fourth-order valence-corrected chi connectivity index (χ4v) is 4.66. The number of aliphatic imine (C=N–C) groups is 1. The Morgan fingerprint density at radius 1 is 1.12 bits per heavy atom. The molecule has 180 valence electrons. The summed E-state index contributed by atoms with van der Waals surface area (Å²) in [6.45, 7) is 8.09. The van der Waals surface area contributed by atoms with Gasteiger partial charge in [-0.15, -0.1) is 24.0 Å². The van der Waals surface area contributed by atoms with E-state index in [0.717, 1.165) is 39.1 Å². The highest BCUT2D eigenvalue weighted by atomic mass is 127. The van der Waals surface area contributed by atoms with E-state index in [9.17, 15) is 13.2 Å². The van der Waals surface area contributed by atoms with Crippen molar-refractivity contribution in [1.29, 1.82) is 0 Å². The molecule has 0 aliphatic carbocycles. The lowest BCUT2D eigenvalue weighted by Gasteiger charge is -2.29. The lowest BCUT2D eigenvalue weighted by Crippen LogP contribution is -2.41. The Hall–Kier alpha value is -1.27. The molecule has 0 aromatic heterocycles. The van der Waals surface area contributed by atoms with E-state index < -0.39 is 11.7 Å². The number of guanidine groups is 1. The predicted molar refractivity (Wildman–Crippen MR) is 129 cm³/mol. The molecule has 1 aromatic carbocycles. The molecule has 1 unspecified atom stereocenters. The molecule has 1 N–H and O–H groups in total. The van der Waals surface area contributed by atoms with E-state index in [0.29, 0.717) is 44.5 Å². The third-order valence-electron chi connectivity index (χ3n) is 6.43. The molecule has 1 aromatic rings. The summed E-state index contributed by atoms with van der Waals surface area (Å²) in [7, 11) is 0. The van der Waals surface area contributed by atoms with E-state index in [1.807, 2.05) is 11.8 Å². The average molecular weight is 568 g/mol. The Labute approximate surface area is 204 Å². The summed E-state index contributed by atoms with van der Waals surface area (Å²) in [6, 6.07) is 4.58. The van der Waals surface area contributed by atoms with Crippen molar-refractivity contribution in [3.05, 3.63) is 29.3 Å². The summed E-state index contributed by atoms with van der Waals surface area (Å²) in [5.41, 5.74) is 0.321. The summed E-state index contributed by atoms with van der Waals surface area (Å²) in [5.74, 6) is 0.677. The molecule has 32 heavy (non-hydrogen) atoms. The summed E-state index contributed by atoms with van der Waals surface area (Å²) in [6.07, 6.45) is -2.37. The second-order valence-corrected chi connectivity index (χ2v) is 8.58. The van der Waals surface area contributed by atoms with E-state index in [-0.39, 0.29) is 41.5 Å². The highest BCUT2D eigenvalue weighted by Gasteiger charge is 2.42. The number of alkyl halides is 3. The number of hydrogen-bond donors (Lipinski definition) is 1. The monoisotopic (exact) mass is 568 g/mol. The van der Waals surface area contributed by atoms with E-state index in [2.05, 4.69) is 15.2 Å². The molecule has 3 heterocycles. The molecule has 6 nitrogen and oxygen atoms in total. The van der Waals surface area contributed by atoms with Crippen molar-refractivity contribution >= 4 is 35.6 Å². The van der Waals surface area contributed by atoms with Crippen molar-refractivity contribution in [2.75, 3.05) is 64.1 Å². The largest absolute Gasteiger partial charge is 0.416 e. The first-order valence-electron chi connectivity index (χ1n) is 11.0. The predicted octanol–water partition coefficient (Wildman–Crippen LogP) is 3.74. The van der Waals surface area contributed by atoms with Gasteiger partial charge < -0.3 is 24.6 Å². The van der Waals surface area contributed by atoms with Crippen LogP contribution in [-0.2, 0) is 22.2 Å². The first kappa shape index (κ1) is 25.4. The van der Waals surface area contributed by atoms with Gasteiger partial charge >= 0.3 is 6.18 Å². The van der Waals surface area contributed by atoms with Gasteiger partial charge in [-0.2, -0.15) is 13.2 Å². The molecule has 3 aliphatic rings. The fourth-order valence-electron chi connectivity index (χ4n) is 4.66. The Bertz CT molecular complexity index is 794. The number of morpholine rings is 1. The normalized spacial score (nSPS) is 24.2. The van der Waals surface area contributed by atoms with Crippen LogP contribution in [0.25, 0.3) is 0 Å². The third-order valence-corrected chi connectivity index (χ3v) is 6.43. The Morgan fingerprint density at radius 3 is 2.56 bits per heavy atom. The van der Waals surface area contributed by atoms with Crippen molar-refractivity contribution in [2.24, 2.45) is 10.4 Å². The average Bonchev–Trinajstić information content (AvgIpc) is 3.41. The second-order valence-electron chi connectivity index (χ2n) is 8.58. The maximum atomic E-state index is 13.8. The first-order chi connectivity index (χ1) is 14.9. The number of anilines is 1. The van der Waals surface area contributed by atoms with Crippen LogP contribution in [0.1, 0.15) is 30.9 Å². The highest BCUT2D eigenvalue weighted by Crippen LogP contribution is 2.38. The van der Waals surface area contributed by atoms with Gasteiger partial charge in [0, 0.05) is 50.4 Å². The van der Waals surface area contributed by atoms with Crippen LogP contribution >= 0.6 is 24.0 Å². The standard InChI is InChI=1S/C22H31F3N4O2.HI/c1-2-26-20(29-7-5-21(15-29)6-10-31-16-21)27-14-17-3-4-18(13-19(17)22(23,24)25)28-8-11-30-12-9-28;/h3-4,13H,2,5-12,14-16H2,1H3,(H,26,27);1H. The molecule has 0 radical (unpaired) electrons. The number of halogens is 4. The summed E-state index contributed by atoms with van der Waals surface area (Å²) >= 11 is 0. The van der Waals surface area contributed by atoms with Crippen molar-refractivity contribution in [1.82, 2.24) is 10.2 Å². The van der Waals surface area contributed by atoms with Gasteiger partial charge in [0.2, 0.25) is 0 Å². The maximum Gasteiger partial charge on any atom is 0.416 e. The number of likely N-dealkylation sites (tertiary alicyclic amines) is 1. The molecule has 0 bridgehead atoms. The van der Waals surface area contributed by atoms with Crippen LogP contribution in [0.15, 0.2) is 23.2 Å². The topological polar surface area (TPSA) is 49.3 Å². The minimum atomic E-state index is -4.43. The molecule has 0 saturated carbocycles. The van der Waals surface area contributed by atoms with E-state index in [1.165, 1.54) is 6.07 Å². The van der Waals surface area contributed by atoms with Crippen LogP contribution in [0.5, 0.6) is 0 Å². The van der Waals surface area contributed by atoms with Gasteiger partial charge in [0.1, 0.15) is 0 Å². The van der Waals surface area contributed by atoms with Crippen LogP contribution in [-0.4, -0.2) is 70.0 Å². The van der Waals surface area contributed by atoms with Gasteiger partial charge in [-0.05, 0) is 37.5 Å². The summed E-state index contributed by atoms with van der Waals surface area (Å²) < 4.78 is 52.4. The molecule has 0 amide bonds. The van der Waals surface area contributed by atoms with Crippen molar-refractivity contribution in [3.63, 3.8) is 0 Å². The van der Waals surface area contributed by atoms with Crippen LogP contribution < -0.4 is 10.2 Å². The smallest absolute Gasteiger partial charge is 0.381 e. The fraction of sp³-hybridized carbons (Fsp3) is 0.682. The number of rotatable bonds is 4. The van der Waals surface area contributed by atoms with Crippen LogP contribution in [0, 0.1) is 5.41 Å². The lowest BCUT2D eigenvalue weighted by molar-refractivity contribution is -0.138. The van der Waals surface area contributed by atoms with Crippen molar-refractivity contribution < 1.29 is 22.6 Å². The Kier molecular flexibility index (Phi) is 8.53. The van der Waals surface area contributed by atoms with Gasteiger partial charge in [-0.25, -0.2) is 4.99 Å². The third kappa shape index (κ3) is 5.80. The van der Waals surface area contributed by atoms with Crippen LogP contribution in [0.3, 0.4) is 0 Å². The minimum absolute atomic E-state index is 0. The molecule has 3 aliphatic heterocycles. The van der Waals surface area contributed by atoms with Gasteiger partial charge in [0.15, 0.2) is 5.96 Å². The zero-order chi connectivity index (χ0) is 21.9. The van der Waals surface area contributed by atoms with Crippen molar-refractivity contribution in [3.8, 4) is 0 Å². The van der Waals surface area contributed by atoms with E-state index in [4.69, 9.17) is 9.47 Å². The zero-order valence-electron chi connectivity index (χ0n) is 18.4. The van der Waals surface area contributed by atoms with Gasteiger partial charge in [-0.1, -0.05) is 6.07 Å². The summed E-state index contributed by atoms with van der Waals surface area (Å²) in [4.78, 5) is 8.69. The number of nitrogens with one attached hydrogen (secondary N) is 1.